The fraction of sp³-hybridized carbons (Fsp3) is 0.500. The molecule has 1 rings (SSSR count). The molecule has 1 heterocycles. The topological polar surface area (TPSA) is 15.6 Å². The van der Waals surface area contributed by atoms with Crippen molar-refractivity contribution in [2.45, 2.75) is 6.42 Å². The molecule has 0 spiro atoms. The molecule has 0 aliphatic carbocycles. The standard InChI is InChI=1S/C4H5N2S/c7-4-6-3-1-2-5-6/h2H,1,3H2. The van der Waals surface area contributed by atoms with Gasteiger partial charge >= 0.3 is 0 Å². The van der Waals surface area contributed by atoms with Crippen LogP contribution in [0.3, 0.4) is 0 Å². The zero-order valence-electron chi connectivity index (χ0n) is 3.79. The number of hydrogen-bond acceptors (Lipinski definition) is 2. The summed E-state index contributed by atoms with van der Waals surface area (Å²) >= 11 is 4.47. The van der Waals surface area contributed by atoms with Crippen LogP contribution in [0.25, 0.3) is 0 Å². The van der Waals surface area contributed by atoms with E-state index in [1.807, 2.05) is 6.21 Å². The number of nitrogens with zero attached hydrogens (tertiary/aromatic N) is 2. The van der Waals surface area contributed by atoms with E-state index >= 15 is 0 Å². The average Bonchev–Trinajstić information content (AvgIpc) is 2.14. The summed E-state index contributed by atoms with van der Waals surface area (Å²) in [6, 6.07) is 0. The van der Waals surface area contributed by atoms with Gasteiger partial charge in [-0.2, -0.15) is 5.10 Å². The Kier molecular flexibility index (Phi) is 1.36. The van der Waals surface area contributed by atoms with Crippen molar-refractivity contribution >= 4 is 23.9 Å². The van der Waals surface area contributed by atoms with Crippen LogP contribution in [0.2, 0.25) is 0 Å². The summed E-state index contributed by atoms with van der Waals surface area (Å²) in [6.07, 6.45) is 2.84. The van der Waals surface area contributed by atoms with Crippen LogP contribution in [0.4, 0.5) is 0 Å². The monoisotopic (exact) mass is 113 g/mol. The fourth-order valence-corrected chi connectivity index (χ4v) is 0.602. The Hall–Kier alpha value is -0.440. The summed E-state index contributed by atoms with van der Waals surface area (Å²) in [6.45, 7) is 0.906. The predicted molar refractivity (Wildman–Crippen MR) is 32.4 cm³/mol. The minimum absolute atomic E-state index is 0.906. The van der Waals surface area contributed by atoms with E-state index in [1.54, 1.807) is 5.01 Å². The van der Waals surface area contributed by atoms with Crippen molar-refractivity contribution in [1.29, 1.82) is 0 Å². The van der Waals surface area contributed by atoms with Gasteiger partial charge in [-0.1, -0.05) is 12.2 Å². The molecule has 0 aromatic carbocycles. The van der Waals surface area contributed by atoms with E-state index in [-0.39, 0.29) is 0 Å². The number of thiocarbonyl (C=S) groups is 1. The zero-order chi connectivity index (χ0) is 5.11. The average molecular weight is 113 g/mol. The molecule has 0 saturated heterocycles. The number of rotatable bonds is 1. The van der Waals surface area contributed by atoms with Crippen LogP contribution in [0.15, 0.2) is 5.10 Å². The first-order valence-corrected chi connectivity index (χ1v) is 2.52. The highest BCUT2D eigenvalue weighted by Crippen LogP contribution is 1.94. The van der Waals surface area contributed by atoms with Crippen LogP contribution >= 0.6 is 12.2 Å². The van der Waals surface area contributed by atoms with Crippen molar-refractivity contribution in [2.24, 2.45) is 5.10 Å². The van der Waals surface area contributed by atoms with Crippen molar-refractivity contribution in [2.75, 3.05) is 6.54 Å². The molecule has 7 heavy (non-hydrogen) atoms. The molecule has 0 aromatic heterocycles. The van der Waals surface area contributed by atoms with Crippen LogP contribution < -0.4 is 0 Å². The molecule has 0 saturated carbocycles. The summed E-state index contributed by atoms with van der Waals surface area (Å²) in [4.78, 5) is 0. The van der Waals surface area contributed by atoms with Gasteiger partial charge in [-0.25, -0.2) is 0 Å². The summed E-state index contributed by atoms with van der Waals surface area (Å²) in [5.41, 5.74) is 2.48. The fourth-order valence-electron chi connectivity index (χ4n) is 0.463. The molecule has 0 aromatic rings. The molecule has 1 aliphatic heterocycles. The summed E-state index contributed by atoms with van der Waals surface area (Å²) in [5, 5.41) is 5.47. The largest absolute Gasteiger partial charge is 0.252 e. The highest BCUT2D eigenvalue weighted by Gasteiger charge is 1.99. The van der Waals surface area contributed by atoms with Crippen LogP contribution in [-0.4, -0.2) is 23.3 Å². The number of hydrogen-bond donors (Lipinski definition) is 0. The molecule has 2 nitrogen and oxygen atoms in total. The molecular formula is C4H5N2S. The molecule has 3 heteroatoms. The van der Waals surface area contributed by atoms with Crippen molar-refractivity contribution in [3.05, 3.63) is 0 Å². The SMILES string of the molecule is S=[C]N1CCC=N1. The zero-order valence-corrected chi connectivity index (χ0v) is 4.61. The van der Waals surface area contributed by atoms with Gasteiger partial charge in [0.1, 0.15) is 0 Å². The smallest absolute Gasteiger partial charge is 0.158 e. The first-order chi connectivity index (χ1) is 3.43. The van der Waals surface area contributed by atoms with E-state index in [9.17, 15) is 0 Å². The maximum atomic E-state index is 4.47. The maximum Gasteiger partial charge on any atom is 0.158 e. The maximum absolute atomic E-state index is 4.47. The molecule has 1 aliphatic rings. The molecule has 37 valence electrons. The third-order valence-corrected chi connectivity index (χ3v) is 1.01. The Morgan fingerprint density at radius 1 is 1.86 bits per heavy atom. The Balaban J connectivity index is 2.42. The van der Waals surface area contributed by atoms with Crippen molar-refractivity contribution in [1.82, 2.24) is 5.01 Å². The van der Waals surface area contributed by atoms with Crippen LogP contribution in [0.5, 0.6) is 0 Å². The van der Waals surface area contributed by atoms with E-state index in [0.717, 1.165) is 13.0 Å². The lowest BCUT2D eigenvalue weighted by Gasteiger charge is -1.99. The normalized spacial score (nSPS) is 18.0. The van der Waals surface area contributed by atoms with E-state index in [4.69, 9.17) is 0 Å². The van der Waals surface area contributed by atoms with E-state index in [1.165, 1.54) is 0 Å². The highest BCUT2D eigenvalue weighted by atomic mass is 32.1. The van der Waals surface area contributed by atoms with Gasteiger partial charge in [-0.05, 0) is 0 Å². The third kappa shape index (κ3) is 0.962. The van der Waals surface area contributed by atoms with E-state index < -0.39 is 0 Å². The second-order valence-corrected chi connectivity index (χ2v) is 1.48. The lowest BCUT2D eigenvalue weighted by atomic mass is 10.5. The summed E-state index contributed by atoms with van der Waals surface area (Å²) < 4.78 is 0. The van der Waals surface area contributed by atoms with Gasteiger partial charge in [0.2, 0.25) is 0 Å². The number of hydrazone groups is 1. The van der Waals surface area contributed by atoms with Crippen LogP contribution in [0, 0.1) is 0 Å². The van der Waals surface area contributed by atoms with Gasteiger partial charge < -0.3 is 0 Å². The summed E-state index contributed by atoms with van der Waals surface area (Å²) in [7, 11) is 0. The van der Waals surface area contributed by atoms with Crippen molar-refractivity contribution in [3.63, 3.8) is 0 Å². The van der Waals surface area contributed by atoms with Crippen molar-refractivity contribution < 1.29 is 0 Å². The van der Waals surface area contributed by atoms with Gasteiger partial charge in [0.25, 0.3) is 0 Å². The molecule has 0 amide bonds. The van der Waals surface area contributed by atoms with E-state index in [0.29, 0.717) is 0 Å². The highest BCUT2D eigenvalue weighted by molar-refractivity contribution is 7.78. The molecule has 0 N–H and O–H groups in total. The molecule has 0 atom stereocenters. The van der Waals surface area contributed by atoms with Crippen molar-refractivity contribution in [3.8, 4) is 0 Å². The molecule has 0 fully saturated rings. The van der Waals surface area contributed by atoms with Gasteiger partial charge in [-0.15, -0.1) is 0 Å². The third-order valence-electron chi connectivity index (χ3n) is 0.796. The Morgan fingerprint density at radius 2 is 2.71 bits per heavy atom. The lowest BCUT2D eigenvalue weighted by Crippen LogP contribution is -2.08. The Bertz CT molecular complexity index is 99.9. The first kappa shape index (κ1) is 4.71. The van der Waals surface area contributed by atoms with Gasteiger partial charge in [0.15, 0.2) is 5.49 Å². The van der Waals surface area contributed by atoms with Crippen LogP contribution in [0.1, 0.15) is 6.42 Å². The second-order valence-electron chi connectivity index (χ2n) is 1.30. The van der Waals surface area contributed by atoms with Gasteiger partial charge in [0.05, 0.1) is 0 Å². The Labute approximate surface area is 47.8 Å². The van der Waals surface area contributed by atoms with E-state index in [2.05, 4.69) is 22.8 Å². The quantitative estimate of drug-likeness (QED) is 0.460. The first-order valence-electron chi connectivity index (χ1n) is 2.11. The molecule has 0 unspecified atom stereocenters. The minimum atomic E-state index is 0.906. The second kappa shape index (κ2) is 2.02. The molecule has 1 radical (unpaired) electrons. The van der Waals surface area contributed by atoms with Gasteiger partial charge in [-0.3, -0.25) is 5.01 Å². The van der Waals surface area contributed by atoms with Crippen LogP contribution in [-0.2, 0) is 0 Å². The summed E-state index contributed by atoms with van der Waals surface area (Å²) in [5.74, 6) is 0. The van der Waals surface area contributed by atoms with Gasteiger partial charge in [0, 0.05) is 19.2 Å². The minimum Gasteiger partial charge on any atom is -0.252 e. The Morgan fingerprint density at radius 3 is 3.00 bits per heavy atom. The lowest BCUT2D eigenvalue weighted by molar-refractivity contribution is 0.514. The predicted octanol–water partition coefficient (Wildman–Crippen LogP) is 0.512. The molecule has 0 bridgehead atoms. The molecular weight excluding hydrogens is 108 g/mol.